The number of nitrogens with one attached hydrogen (secondary N) is 2. The van der Waals surface area contributed by atoms with Gasteiger partial charge in [0.1, 0.15) is 5.75 Å². The third kappa shape index (κ3) is 6.90. The van der Waals surface area contributed by atoms with Gasteiger partial charge < -0.3 is 20.3 Å². The molecule has 0 spiro atoms. The van der Waals surface area contributed by atoms with Crippen molar-refractivity contribution in [2.75, 3.05) is 38.1 Å². The van der Waals surface area contributed by atoms with Gasteiger partial charge in [0.2, 0.25) is 0 Å². The average molecular weight is 450 g/mol. The van der Waals surface area contributed by atoms with Crippen LogP contribution >= 0.6 is 23.2 Å². The number of benzene rings is 2. The second-order valence-electron chi connectivity index (χ2n) is 7.15. The van der Waals surface area contributed by atoms with Gasteiger partial charge in [-0.2, -0.15) is 0 Å². The number of carbonyl (C=O) groups excluding carboxylic acids is 2. The first kappa shape index (κ1) is 22.4. The van der Waals surface area contributed by atoms with Gasteiger partial charge >= 0.3 is 0 Å². The van der Waals surface area contributed by atoms with Gasteiger partial charge in [-0.05, 0) is 62.3 Å². The van der Waals surface area contributed by atoms with Crippen molar-refractivity contribution in [2.24, 2.45) is 0 Å². The van der Waals surface area contributed by atoms with Crippen molar-refractivity contribution < 1.29 is 14.3 Å². The Bertz CT molecular complexity index is 886. The molecule has 0 bridgehead atoms. The summed E-state index contributed by atoms with van der Waals surface area (Å²) in [7, 11) is 0. The fourth-order valence-corrected chi connectivity index (χ4v) is 3.75. The summed E-state index contributed by atoms with van der Waals surface area (Å²) in [5, 5.41) is 6.49. The topological polar surface area (TPSA) is 70.7 Å². The number of likely N-dealkylation sites (tertiary alicyclic amines) is 1. The van der Waals surface area contributed by atoms with E-state index in [0.29, 0.717) is 33.6 Å². The molecule has 3 rings (SSSR count). The van der Waals surface area contributed by atoms with Gasteiger partial charge in [0.25, 0.3) is 11.8 Å². The van der Waals surface area contributed by atoms with E-state index in [1.807, 2.05) is 0 Å². The zero-order valence-corrected chi connectivity index (χ0v) is 18.1. The number of anilines is 1. The van der Waals surface area contributed by atoms with E-state index in [-0.39, 0.29) is 18.4 Å². The van der Waals surface area contributed by atoms with Crippen molar-refractivity contribution in [3.63, 3.8) is 0 Å². The molecule has 1 saturated heterocycles. The Labute approximate surface area is 186 Å². The van der Waals surface area contributed by atoms with E-state index >= 15 is 0 Å². The van der Waals surface area contributed by atoms with Crippen LogP contribution in [0.1, 0.15) is 29.6 Å². The minimum atomic E-state index is -0.358. The summed E-state index contributed by atoms with van der Waals surface area (Å²) < 4.78 is 5.43. The summed E-state index contributed by atoms with van der Waals surface area (Å²) in [4.78, 5) is 27.0. The molecule has 8 heteroatoms. The highest BCUT2D eigenvalue weighted by atomic mass is 35.5. The first-order valence-corrected chi connectivity index (χ1v) is 10.8. The average Bonchev–Trinajstić information content (AvgIpc) is 2.74. The van der Waals surface area contributed by atoms with Gasteiger partial charge in [0.05, 0.1) is 5.02 Å². The lowest BCUT2D eigenvalue weighted by molar-refractivity contribution is -0.118. The van der Waals surface area contributed by atoms with Crippen LogP contribution in [0, 0.1) is 0 Å². The van der Waals surface area contributed by atoms with E-state index in [1.165, 1.54) is 19.3 Å². The lowest BCUT2D eigenvalue weighted by Gasteiger charge is -2.26. The molecule has 1 fully saturated rings. The molecular weight excluding hydrogens is 425 g/mol. The maximum atomic E-state index is 12.4. The van der Waals surface area contributed by atoms with Crippen LogP contribution in [0.25, 0.3) is 0 Å². The van der Waals surface area contributed by atoms with Gasteiger partial charge in [0.15, 0.2) is 6.61 Å². The van der Waals surface area contributed by atoms with E-state index in [1.54, 1.807) is 42.5 Å². The Morgan fingerprint density at radius 3 is 2.60 bits per heavy atom. The molecule has 2 N–H and O–H groups in total. The van der Waals surface area contributed by atoms with Gasteiger partial charge in [-0.3, -0.25) is 9.59 Å². The van der Waals surface area contributed by atoms with Gasteiger partial charge in [-0.25, -0.2) is 0 Å². The van der Waals surface area contributed by atoms with Crippen molar-refractivity contribution in [3.8, 4) is 5.75 Å². The van der Waals surface area contributed by atoms with Crippen LogP contribution < -0.4 is 15.4 Å². The fourth-order valence-electron chi connectivity index (χ4n) is 3.28. The molecule has 6 nitrogen and oxygen atoms in total. The number of rotatable bonds is 8. The second-order valence-corrected chi connectivity index (χ2v) is 7.99. The van der Waals surface area contributed by atoms with Crippen LogP contribution in [0.2, 0.25) is 10.0 Å². The molecule has 2 aromatic rings. The van der Waals surface area contributed by atoms with Gasteiger partial charge in [-0.15, -0.1) is 0 Å². The Balaban J connectivity index is 1.46. The summed E-state index contributed by atoms with van der Waals surface area (Å²) >= 11 is 11.9. The number of ether oxygens (including phenoxy) is 1. The highest BCUT2D eigenvalue weighted by molar-refractivity contribution is 6.35. The minimum Gasteiger partial charge on any atom is -0.482 e. The molecule has 0 atom stereocenters. The zero-order valence-electron chi connectivity index (χ0n) is 16.6. The van der Waals surface area contributed by atoms with Crippen molar-refractivity contribution in [1.29, 1.82) is 0 Å². The molecule has 1 aliphatic heterocycles. The Kier molecular flexibility index (Phi) is 8.37. The largest absolute Gasteiger partial charge is 0.482 e. The number of carbonyl (C=O) groups is 2. The summed E-state index contributed by atoms with van der Waals surface area (Å²) in [6, 6.07) is 11.6. The molecular formula is C22H25Cl2N3O3. The van der Waals surface area contributed by atoms with Crippen molar-refractivity contribution in [2.45, 2.75) is 19.3 Å². The molecule has 30 heavy (non-hydrogen) atoms. The molecule has 0 saturated carbocycles. The van der Waals surface area contributed by atoms with E-state index < -0.39 is 0 Å². The molecule has 2 amide bonds. The zero-order chi connectivity index (χ0) is 21.3. The van der Waals surface area contributed by atoms with Crippen LogP contribution in [0.4, 0.5) is 5.69 Å². The lowest BCUT2D eigenvalue weighted by Crippen LogP contribution is -2.37. The third-order valence-corrected chi connectivity index (χ3v) is 5.35. The van der Waals surface area contributed by atoms with E-state index in [2.05, 4.69) is 15.5 Å². The highest BCUT2D eigenvalue weighted by Crippen LogP contribution is 2.27. The summed E-state index contributed by atoms with van der Waals surface area (Å²) in [5.41, 5.74) is 1.02. The van der Waals surface area contributed by atoms with Gasteiger partial charge in [-0.1, -0.05) is 35.7 Å². The van der Waals surface area contributed by atoms with Crippen molar-refractivity contribution >= 4 is 40.7 Å². The number of hydrogen-bond donors (Lipinski definition) is 2. The first-order chi connectivity index (χ1) is 14.5. The number of halogens is 2. The predicted octanol–water partition coefficient (Wildman–Crippen LogP) is 4.23. The lowest BCUT2D eigenvalue weighted by atomic mass is 10.1. The van der Waals surface area contributed by atoms with Crippen molar-refractivity contribution in [1.82, 2.24) is 10.2 Å². The first-order valence-electron chi connectivity index (χ1n) is 9.99. The summed E-state index contributed by atoms with van der Waals surface area (Å²) in [6.45, 7) is 3.44. The SMILES string of the molecule is O=C(COc1ccc(Cl)cc1Cl)Nc1cccc(C(=O)NCCN2CCCCC2)c1. The molecule has 0 aliphatic carbocycles. The Morgan fingerprint density at radius 2 is 1.83 bits per heavy atom. The number of amides is 2. The number of piperidine rings is 1. The molecule has 0 aromatic heterocycles. The number of nitrogens with zero attached hydrogens (tertiary/aromatic N) is 1. The molecule has 160 valence electrons. The van der Waals surface area contributed by atoms with Crippen LogP contribution in [-0.2, 0) is 4.79 Å². The smallest absolute Gasteiger partial charge is 0.262 e. The monoisotopic (exact) mass is 449 g/mol. The van der Waals surface area contributed by atoms with E-state index in [4.69, 9.17) is 27.9 Å². The summed E-state index contributed by atoms with van der Waals surface area (Å²) in [6.07, 6.45) is 3.74. The molecule has 0 unspecified atom stereocenters. The molecule has 2 aromatic carbocycles. The van der Waals surface area contributed by atoms with E-state index in [9.17, 15) is 9.59 Å². The second kappa shape index (κ2) is 11.2. The number of hydrogen-bond acceptors (Lipinski definition) is 4. The quantitative estimate of drug-likeness (QED) is 0.632. The summed E-state index contributed by atoms with van der Waals surface area (Å²) in [5.74, 6) is -0.144. The molecule has 1 heterocycles. The Morgan fingerprint density at radius 1 is 1.03 bits per heavy atom. The normalized spacial score (nSPS) is 14.2. The van der Waals surface area contributed by atoms with Crippen molar-refractivity contribution in [3.05, 3.63) is 58.1 Å². The Hall–Kier alpha value is -2.28. The van der Waals surface area contributed by atoms with Crippen LogP contribution in [-0.4, -0.2) is 49.5 Å². The maximum absolute atomic E-state index is 12.4. The van der Waals surface area contributed by atoms with Gasteiger partial charge in [0, 0.05) is 29.4 Å². The minimum absolute atomic E-state index is 0.160. The highest BCUT2D eigenvalue weighted by Gasteiger charge is 2.12. The fraction of sp³-hybridized carbons (Fsp3) is 0.364. The third-order valence-electron chi connectivity index (χ3n) is 4.82. The van der Waals surface area contributed by atoms with Crippen LogP contribution in [0.15, 0.2) is 42.5 Å². The maximum Gasteiger partial charge on any atom is 0.262 e. The van der Waals surface area contributed by atoms with Crippen LogP contribution in [0.5, 0.6) is 5.75 Å². The predicted molar refractivity (Wildman–Crippen MR) is 120 cm³/mol. The standard InChI is InChI=1S/C22H25Cl2N3O3/c23-17-7-8-20(19(24)14-17)30-15-21(28)26-18-6-4-5-16(13-18)22(29)25-9-12-27-10-2-1-3-11-27/h4-8,13-14H,1-3,9-12,15H2,(H,25,29)(H,26,28). The van der Waals surface area contributed by atoms with Crippen LogP contribution in [0.3, 0.4) is 0 Å². The molecule has 0 radical (unpaired) electrons. The molecule has 1 aliphatic rings. The van der Waals surface area contributed by atoms with E-state index in [0.717, 1.165) is 19.6 Å².